The molecule has 1 N–H and O–H groups in total. The summed E-state index contributed by atoms with van der Waals surface area (Å²) in [5, 5.41) is 2.96. The van der Waals surface area contributed by atoms with Crippen molar-refractivity contribution >= 4 is 27.6 Å². The first-order chi connectivity index (χ1) is 8.70. The van der Waals surface area contributed by atoms with E-state index in [1.54, 1.807) is 25.4 Å². The Balaban J connectivity index is 2.15. The van der Waals surface area contributed by atoms with Crippen LogP contribution in [-0.4, -0.2) is 23.3 Å². The van der Waals surface area contributed by atoms with Crippen molar-refractivity contribution in [1.29, 1.82) is 0 Å². The lowest BCUT2D eigenvalue weighted by Gasteiger charge is -2.10. The number of methoxy groups -OCH3 is 1. The molecule has 0 atom stereocenters. The average Bonchev–Trinajstić information content (AvgIpc) is 2.77. The summed E-state index contributed by atoms with van der Waals surface area (Å²) < 4.78 is 21.2. The van der Waals surface area contributed by atoms with Crippen LogP contribution in [0.4, 0.5) is 16.0 Å². The van der Waals surface area contributed by atoms with Crippen LogP contribution in [0.5, 0.6) is 0 Å². The number of nitrogens with one attached hydrogen (secondary N) is 1. The number of rotatable bonds is 5. The Hall–Kier alpha value is -1.40. The molecule has 1 heterocycles. The zero-order valence-electron chi connectivity index (χ0n) is 9.86. The number of benzene rings is 1. The summed E-state index contributed by atoms with van der Waals surface area (Å²) in [5.41, 5.74) is 0.392. The van der Waals surface area contributed by atoms with Crippen LogP contribution in [0.15, 0.2) is 35.1 Å². The molecule has 18 heavy (non-hydrogen) atoms. The van der Waals surface area contributed by atoms with Crippen LogP contribution in [0.2, 0.25) is 0 Å². The number of ether oxygens (including phenoxy) is 1. The van der Waals surface area contributed by atoms with Crippen LogP contribution in [0.3, 0.4) is 0 Å². The summed E-state index contributed by atoms with van der Waals surface area (Å²) in [4.78, 5) is 4.15. The molecule has 0 aliphatic rings. The third kappa shape index (κ3) is 3.08. The van der Waals surface area contributed by atoms with Crippen LogP contribution in [0, 0.1) is 5.82 Å². The van der Waals surface area contributed by atoms with Crippen molar-refractivity contribution in [1.82, 2.24) is 9.55 Å². The molecular weight excluding hydrogens is 301 g/mol. The molecule has 0 amide bonds. The number of aromatic nitrogens is 2. The average molecular weight is 314 g/mol. The topological polar surface area (TPSA) is 39.1 Å². The van der Waals surface area contributed by atoms with Crippen LogP contribution >= 0.6 is 15.9 Å². The highest BCUT2D eigenvalue weighted by Crippen LogP contribution is 2.22. The SMILES string of the molecule is COCCn1ccnc1Nc1ccc(Br)cc1F. The molecule has 0 spiro atoms. The van der Waals surface area contributed by atoms with Crippen molar-refractivity contribution in [3.8, 4) is 0 Å². The van der Waals surface area contributed by atoms with Gasteiger partial charge in [-0.3, -0.25) is 0 Å². The molecule has 0 aliphatic heterocycles. The van der Waals surface area contributed by atoms with Gasteiger partial charge in [-0.25, -0.2) is 9.37 Å². The second-order valence-electron chi connectivity index (χ2n) is 3.69. The van der Waals surface area contributed by atoms with Crippen LogP contribution < -0.4 is 5.32 Å². The molecule has 2 rings (SSSR count). The van der Waals surface area contributed by atoms with Crippen molar-refractivity contribution in [2.24, 2.45) is 0 Å². The van der Waals surface area contributed by atoms with Crippen molar-refractivity contribution in [3.63, 3.8) is 0 Å². The zero-order valence-corrected chi connectivity index (χ0v) is 11.4. The van der Waals surface area contributed by atoms with E-state index in [1.807, 2.05) is 10.8 Å². The van der Waals surface area contributed by atoms with Gasteiger partial charge < -0.3 is 14.6 Å². The van der Waals surface area contributed by atoms with Crippen molar-refractivity contribution < 1.29 is 9.13 Å². The van der Waals surface area contributed by atoms with Gasteiger partial charge in [-0.2, -0.15) is 0 Å². The normalized spacial score (nSPS) is 10.6. The zero-order chi connectivity index (χ0) is 13.0. The van der Waals surface area contributed by atoms with Crippen LogP contribution in [0.1, 0.15) is 0 Å². The summed E-state index contributed by atoms with van der Waals surface area (Å²) in [6.45, 7) is 1.24. The molecule has 1 aromatic heterocycles. The van der Waals surface area contributed by atoms with E-state index < -0.39 is 0 Å². The first-order valence-electron chi connectivity index (χ1n) is 5.43. The molecule has 0 bridgehead atoms. The molecular formula is C12H13BrFN3O. The van der Waals surface area contributed by atoms with Crippen LogP contribution in [0.25, 0.3) is 0 Å². The Morgan fingerprint density at radius 1 is 1.50 bits per heavy atom. The molecule has 2 aromatic rings. The van der Waals surface area contributed by atoms with Gasteiger partial charge in [0.2, 0.25) is 5.95 Å². The molecule has 0 aliphatic carbocycles. The van der Waals surface area contributed by atoms with E-state index in [2.05, 4.69) is 26.2 Å². The molecule has 0 fully saturated rings. The maximum Gasteiger partial charge on any atom is 0.207 e. The van der Waals surface area contributed by atoms with Crippen molar-refractivity contribution in [2.75, 3.05) is 19.0 Å². The second kappa shape index (κ2) is 5.97. The second-order valence-corrected chi connectivity index (χ2v) is 4.60. The van der Waals surface area contributed by atoms with Gasteiger partial charge in [-0.15, -0.1) is 0 Å². The van der Waals surface area contributed by atoms with Gasteiger partial charge in [0.1, 0.15) is 5.82 Å². The van der Waals surface area contributed by atoms with E-state index in [0.717, 1.165) is 0 Å². The van der Waals surface area contributed by atoms with Crippen molar-refractivity contribution in [3.05, 3.63) is 40.9 Å². The molecule has 1 aromatic carbocycles. The Morgan fingerprint density at radius 2 is 2.33 bits per heavy atom. The summed E-state index contributed by atoms with van der Waals surface area (Å²) in [6, 6.07) is 4.84. The third-order valence-electron chi connectivity index (χ3n) is 2.43. The highest BCUT2D eigenvalue weighted by atomic mass is 79.9. The van der Waals surface area contributed by atoms with Gasteiger partial charge in [0.15, 0.2) is 0 Å². The first kappa shape index (κ1) is 13.0. The highest BCUT2D eigenvalue weighted by Gasteiger charge is 2.07. The van der Waals surface area contributed by atoms with E-state index in [0.29, 0.717) is 29.3 Å². The van der Waals surface area contributed by atoms with Gasteiger partial charge >= 0.3 is 0 Å². The van der Waals surface area contributed by atoms with Gasteiger partial charge in [0.05, 0.1) is 12.3 Å². The summed E-state index contributed by atoms with van der Waals surface area (Å²) in [7, 11) is 1.64. The standard InChI is InChI=1S/C12H13BrFN3O/c1-18-7-6-17-5-4-15-12(17)16-11-3-2-9(13)8-10(11)14/h2-5,8H,6-7H2,1H3,(H,15,16). The minimum absolute atomic E-state index is 0.328. The molecule has 6 heteroatoms. The summed E-state index contributed by atoms with van der Waals surface area (Å²) >= 11 is 3.22. The largest absolute Gasteiger partial charge is 0.383 e. The number of halogens is 2. The minimum atomic E-state index is -0.328. The maximum absolute atomic E-state index is 13.7. The number of hydrogen-bond donors (Lipinski definition) is 1. The van der Waals surface area contributed by atoms with E-state index in [9.17, 15) is 4.39 Å². The van der Waals surface area contributed by atoms with Gasteiger partial charge in [0, 0.05) is 30.5 Å². The van der Waals surface area contributed by atoms with E-state index in [1.165, 1.54) is 6.07 Å². The monoisotopic (exact) mass is 313 g/mol. The smallest absolute Gasteiger partial charge is 0.207 e. The molecule has 0 unspecified atom stereocenters. The molecule has 4 nitrogen and oxygen atoms in total. The maximum atomic E-state index is 13.7. The summed E-state index contributed by atoms with van der Waals surface area (Å²) in [6.07, 6.45) is 3.48. The molecule has 0 saturated heterocycles. The number of nitrogens with zero attached hydrogens (tertiary/aromatic N) is 2. The third-order valence-corrected chi connectivity index (χ3v) is 2.92. The van der Waals surface area contributed by atoms with E-state index in [-0.39, 0.29) is 5.82 Å². The number of anilines is 2. The van der Waals surface area contributed by atoms with Gasteiger partial charge in [0.25, 0.3) is 0 Å². The Morgan fingerprint density at radius 3 is 3.06 bits per heavy atom. The lowest BCUT2D eigenvalue weighted by Crippen LogP contribution is -2.07. The van der Waals surface area contributed by atoms with Gasteiger partial charge in [-0.1, -0.05) is 15.9 Å². The molecule has 0 saturated carbocycles. The first-order valence-corrected chi connectivity index (χ1v) is 6.22. The Bertz CT molecular complexity index is 530. The van der Waals surface area contributed by atoms with Gasteiger partial charge in [-0.05, 0) is 18.2 Å². The Labute approximate surface area is 113 Å². The predicted octanol–water partition coefficient (Wildman–Crippen LogP) is 3.17. The van der Waals surface area contributed by atoms with Crippen molar-refractivity contribution in [2.45, 2.75) is 6.54 Å². The van der Waals surface area contributed by atoms with E-state index in [4.69, 9.17) is 4.74 Å². The fourth-order valence-corrected chi connectivity index (χ4v) is 1.85. The molecule has 0 radical (unpaired) electrons. The fourth-order valence-electron chi connectivity index (χ4n) is 1.51. The predicted molar refractivity (Wildman–Crippen MR) is 71.5 cm³/mol. The lowest BCUT2D eigenvalue weighted by atomic mass is 10.3. The quantitative estimate of drug-likeness (QED) is 0.921. The summed E-state index contributed by atoms with van der Waals surface area (Å²) in [5.74, 6) is 0.263. The van der Waals surface area contributed by atoms with E-state index >= 15 is 0 Å². The number of imidazole rings is 1. The Kier molecular flexibility index (Phi) is 4.33. The number of hydrogen-bond acceptors (Lipinski definition) is 3. The molecule has 96 valence electrons. The van der Waals surface area contributed by atoms with Crippen LogP contribution in [-0.2, 0) is 11.3 Å². The lowest BCUT2D eigenvalue weighted by molar-refractivity contribution is 0.188. The fraction of sp³-hybridized carbons (Fsp3) is 0.250. The highest BCUT2D eigenvalue weighted by molar-refractivity contribution is 9.10. The minimum Gasteiger partial charge on any atom is -0.383 e.